The fourth-order valence-electron chi connectivity index (χ4n) is 9.00. The quantitative estimate of drug-likeness (QED) is 0.153. The molecule has 54 heavy (non-hydrogen) atoms. The van der Waals surface area contributed by atoms with Gasteiger partial charge in [0.05, 0.1) is 40.3 Å². The summed E-state index contributed by atoms with van der Waals surface area (Å²) < 4.78 is 40.4. The number of phenols is 1. The van der Waals surface area contributed by atoms with Gasteiger partial charge in [0, 0.05) is 17.1 Å². The molecule has 3 aromatic carbocycles. The highest BCUT2D eigenvalue weighted by molar-refractivity contribution is 6.33. The van der Waals surface area contributed by atoms with Gasteiger partial charge in [0.15, 0.2) is 5.82 Å². The van der Waals surface area contributed by atoms with E-state index in [0.29, 0.717) is 39.5 Å². The van der Waals surface area contributed by atoms with Crippen LogP contribution in [0.25, 0.3) is 0 Å². The van der Waals surface area contributed by atoms with E-state index in [-0.39, 0.29) is 42.8 Å². The van der Waals surface area contributed by atoms with Crippen LogP contribution in [0.3, 0.4) is 0 Å². The Morgan fingerprint density at radius 2 is 1.65 bits per heavy atom. The Kier molecular flexibility index (Phi) is 8.61. The van der Waals surface area contributed by atoms with Gasteiger partial charge in [-0.1, -0.05) is 89.4 Å². The summed E-state index contributed by atoms with van der Waals surface area (Å²) in [5.41, 5.74) is 2.82. The topological polar surface area (TPSA) is 120 Å². The van der Waals surface area contributed by atoms with Crippen LogP contribution in [0.5, 0.6) is 5.75 Å². The minimum Gasteiger partial charge on any atom is -0.508 e. The molecule has 2 aliphatic carbocycles. The molecule has 2 N–H and O–H groups in total. The van der Waals surface area contributed by atoms with Crippen LogP contribution in [-0.4, -0.2) is 43.6 Å². The smallest absolute Gasteiger partial charge is 0.417 e. The van der Waals surface area contributed by atoms with Crippen LogP contribution in [0.2, 0.25) is 10.0 Å². The monoisotopic (exact) mass is 774 g/mol. The number of imide groups is 2. The zero-order valence-electron chi connectivity index (χ0n) is 28.5. The van der Waals surface area contributed by atoms with Crippen molar-refractivity contribution in [2.75, 3.05) is 5.43 Å². The molecule has 3 heterocycles. The summed E-state index contributed by atoms with van der Waals surface area (Å²) in [7, 11) is 0. The third-order valence-corrected chi connectivity index (χ3v) is 11.9. The van der Waals surface area contributed by atoms with Gasteiger partial charge >= 0.3 is 6.18 Å². The molecule has 6 atom stereocenters. The number of phenolic OH excluding ortho intramolecular Hbond substituents is 1. The first kappa shape index (κ1) is 35.8. The third-order valence-electron chi connectivity index (χ3n) is 11.4. The second-order valence-electron chi connectivity index (χ2n) is 14.2. The molecular formula is C40H31Cl2F3N4O5. The molecule has 0 spiro atoms. The predicted molar refractivity (Wildman–Crippen MR) is 192 cm³/mol. The van der Waals surface area contributed by atoms with Gasteiger partial charge in [-0.3, -0.25) is 29.5 Å². The van der Waals surface area contributed by atoms with E-state index in [1.165, 1.54) is 11.0 Å². The maximum Gasteiger partial charge on any atom is 0.417 e. The lowest BCUT2D eigenvalue weighted by Crippen LogP contribution is -2.53. The summed E-state index contributed by atoms with van der Waals surface area (Å²) >= 11 is 12.6. The van der Waals surface area contributed by atoms with Crippen LogP contribution in [0.15, 0.2) is 96.7 Å². The number of pyridine rings is 1. The van der Waals surface area contributed by atoms with Gasteiger partial charge in [0.2, 0.25) is 11.8 Å². The number of aromatic nitrogens is 1. The number of nitrogens with zero attached hydrogens (tertiary/aromatic N) is 3. The first-order valence-corrected chi connectivity index (χ1v) is 18.0. The summed E-state index contributed by atoms with van der Waals surface area (Å²) in [6.45, 7) is 1.79. The van der Waals surface area contributed by atoms with Crippen molar-refractivity contribution >= 4 is 52.6 Å². The van der Waals surface area contributed by atoms with Gasteiger partial charge in [-0.2, -0.15) is 18.2 Å². The number of anilines is 1. The number of likely N-dealkylation sites (tertiary alicyclic amines) is 1. The number of aryl methyl sites for hydroxylation is 1. The number of halogens is 5. The molecule has 0 unspecified atom stereocenters. The van der Waals surface area contributed by atoms with Gasteiger partial charge in [0.1, 0.15) is 5.75 Å². The Labute approximate surface area is 317 Å². The van der Waals surface area contributed by atoms with Gasteiger partial charge in [-0.05, 0) is 72.2 Å². The molecule has 9 nitrogen and oxygen atoms in total. The number of carbonyl (C=O) groups excluding carboxylic acids is 4. The molecule has 4 aromatic rings. The van der Waals surface area contributed by atoms with Crippen molar-refractivity contribution in [3.8, 4) is 5.75 Å². The van der Waals surface area contributed by atoms with Crippen LogP contribution in [0.4, 0.5) is 19.0 Å². The molecule has 1 saturated carbocycles. The Morgan fingerprint density at radius 3 is 2.31 bits per heavy atom. The van der Waals surface area contributed by atoms with Crippen LogP contribution in [0, 0.1) is 30.6 Å². The number of benzene rings is 3. The summed E-state index contributed by atoms with van der Waals surface area (Å²) in [4.78, 5) is 63.4. The second-order valence-corrected chi connectivity index (χ2v) is 15.1. The number of carbonyl (C=O) groups is 4. The minimum absolute atomic E-state index is 0.00167. The van der Waals surface area contributed by atoms with Gasteiger partial charge in [-0.15, -0.1) is 0 Å². The number of nitrogens with one attached hydrogen (secondary N) is 1. The van der Waals surface area contributed by atoms with Gasteiger partial charge in [0.25, 0.3) is 11.8 Å². The molecule has 276 valence electrons. The lowest BCUT2D eigenvalue weighted by Gasteiger charge is -2.50. The standard InChI is InChI=1S/C40H31Cl2F3N4O5/c1-20-15-22(7-14-31(20)50)33-26-12-13-27-32(37(53)48(35(27)51)19-21-5-3-2-4-6-21)28(26)17-29-36(52)49(38(54)39(29,33)23-8-10-25(41)11-9-23)47-34-30(42)16-24(18-46-34)40(43,44)45/h2-12,14-16,18,27-29,32-33,50H,13,17,19H2,1H3,(H,46,47)/t27-,28+,29-,32-,33-,39+/m0/s1. The van der Waals surface area contributed by atoms with Gasteiger partial charge in [-0.25, -0.2) is 4.98 Å². The highest BCUT2D eigenvalue weighted by atomic mass is 35.5. The Morgan fingerprint density at radius 1 is 0.926 bits per heavy atom. The summed E-state index contributed by atoms with van der Waals surface area (Å²) in [6, 6.07) is 21.2. The number of alkyl halides is 3. The molecule has 1 aromatic heterocycles. The van der Waals surface area contributed by atoms with E-state index in [2.05, 4.69) is 10.4 Å². The fraction of sp³-hybridized carbons (Fsp3) is 0.275. The SMILES string of the molecule is Cc1cc([C@H]2C3=CC[C@@H]4C(=O)N(Cc5ccccc5)C(=O)[C@@H]4[C@@H]3C[C@H]3C(=O)N(Nc4ncc(C(F)(F)F)cc4Cl)C(=O)[C@@]23c2ccc(Cl)cc2)ccc1O. The molecule has 2 aliphatic heterocycles. The highest BCUT2D eigenvalue weighted by Gasteiger charge is 2.70. The van der Waals surface area contributed by atoms with Gasteiger partial charge < -0.3 is 5.11 Å². The number of amides is 4. The van der Waals surface area contributed by atoms with Crippen molar-refractivity contribution in [3.63, 3.8) is 0 Å². The number of hydrazine groups is 1. The third kappa shape index (κ3) is 5.48. The average Bonchev–Trinajstić information content (AvgIpc) is 3.51. The van der Waals surface area contributed by atoms with E-state index in [0.717, 1.165) is 10.6 Å². The normalized spacial score (nSPS) is 26.4. The molecule has 2 saturated heterocycles. The molecule has 8 rings (SSSR count). The number of allylic oxidation sites excluding steroid dienone is 2. The summed E-state index contributed by atoms with van der Waals surface area (Å²) in [6.07, 6.45) is -2.07. The zero-order valence-corrected chi connectivity index (χ0v) is 30.0. The zero-order chi connectivity index (χ0) is 38.3. The Bertz CT molecular complexity index is 2270. The molecular weight excluding hydrogens is 744 g/mol. The van der Waals surface area contributed by atoms with Crippen molar-refractivity contribution in [2.45, 2.75) is 43.8 Å². The van der Waals surface area contributed by atoms with E-state index < -0.39 is 63.6 Å². The van der Waals surface area contributed by atoms with E-state index in [1.807, 2.05) is 36.4 Å². The van der Waals surface area contributed by atoms with Crippen molar-refractivity contribution in [1.29, 1.82) is 0 Å². The maximum absolute atomic E-state index is 15.3. The Hall–Kier alpha value is -5.20. The Balaban J connectivity index is 1.29. The van der Waals surface area contributed by atoms with Crippen molar-refractivity contribution < 1.29 is 37.5 Å². The van der Waals surface area contributed by atoms with Crippen molar-refractivity contribution in [2.24, 2.45) is 23.7 Å². The van der Waals surface area contributed by atoms with Crippen molar-refractivity contribution in [1.82, 2.24) is 14.9 Å². The first-order chi connectivity index (χ1) is 25.7. The second kappa shape index (κ2) is 13.0. The predicted octanol–water partition coefficient (Wildman–Crippen LogP) is 7.61. The molecule has 3 fully saturated rings. The minimum atomic E-state index is -4.74. The number of rotatable bonds is 6. The van der Waals surface area contributed by atoms with E-state index in [9.17, 15) is 32.7 Å². The summed E-state index contributed by atoms with van der Waals surface area (Å²) in [5, 5.41) is 11.2. The molecule has 0 bridgehead atoms. The molecule has 4 amide bonds. The first-order valence-electron chi connectivity index (χ1n) is 17.2. The number of fused-ring (bicyclic) bond motifs is 4. The van der Waals surface area contributed by atoms with E-state index in [1.54, 1.807) is 43.3 Å². The maximum atomic E-state index is 15.3. The molecule has 0 radical (unpaired) electrons. The average molecular weight is 776 g/mol. The molecule has 4 aliphatic rings. The van der Waals surface area contributed by atoms with E-state index in [4.69, 9.17) is 23.2 Å². The van der Waals surface area contributed by atoms with E-state index >= 15 is 4.79 Å². The van der Waals surface area contributed by atoms with Crippen LogP contribution >= 0.6 is 23.2 Å². The van der Waals surface area contributed by atoms with Crippen molar-refractivity contribution in [3.05, 3.63) is 135 Å². The fourth-order valence-corrected chi connectivity index (χ4v) is 9.34. The van der Waals surface area contributed by atoms with Crippen LogP contribution in [0.1, 0.15) is 46.6 Å². The highest BCUT2D eigenvalue weighted by Crippen LogP contribution is 2.64. The lowest BCUT2D eigenvalue weighted by atomic mass is 9.49. The number of hydrogen-bond acceptors (Lipinski definition) is 7. The van der Waals surface area contributed by atoms with Crippen LogP contribution in [-0.2, 0) is 37.3 Å². The summed E-state index contributed by atoms with van der Waals surface area (Å²) in [5.74, 6) is -6.64. The largest absolute Gasteiger partial charge is 0.508 e. The number of hydrogen-bond donors (Lipinski definition) is 2. The molecule has 14 heteroatoms. The lowest BCUT2D eigenvalue weighted by molar-refractivity contribution is -0.142. The van der Waals surface area contributed by atoms with Crippen LogP contribution < -0.4 is 5.43 Å². The number of aromatic hydroxyl groups is 1.